The summed E-state index contributed by atoms with van der Waals surface area (Å²) in [7, 11) is -2.95. The van der Waals surface area contributed by atoms with Crippen molar-refractivity contribution in [2.45, 2.75) is 25.1 Å². The molecular formula is C20H21N3O3S2. The highest BCUT2D eigenvalue weighted by Gasteiger charge is 2.42. The van der Waals surface area contributed by atoms with Crippen LogP contribution in [0.3, 0.4) is 0 Å². The van der Waals surface area contributed by atoms with Gasteiger partial charge in [0.1, 0.15) is 0 Å². The van der Waals surface area contributed by atoms with Crippen LogP contribution in [-0.4, -0.2) is 42.3 Å². The topological polar surface area (TPSA) is 87.6 Å². The maximum absolute atomic E-state index is 12.5. The van der Waals surface area contributed by atoms with Gasteiger partial charge in [-0.15, -0.1) is 0 Å². The molecule has 2 heterocycles. The number of rotatable bonds is 3. The number of sulfone groups is 1. The average Bonchev–Trinajstić information content (AvgIpc) is 3.07. The summed E-state index contributed by atoms with van der Waals surface area (Å²) in [5, 5.41) is 6.88. The van der Waals surface area contributed by atoms with Gasteiger partial charge < -0.3 is 10.6 Å². The molecule has 1 fully saturated rings. The van der Waals surface area contributed by atoms with E-state index in [4.69, 9.17) is 0 Å². The zero-order chi connectivity index (χ0) is 19.9. The molecule has 0 bridgehead atoms. The fourth-order valence-corrected chi connectivity index (χ4v) is 7.17. The van der Waals surface area contributed by atoms with Gasteiger partial charge in [-0.2, -0.15) is 0 Å². The normalized spacial score (nSPS) is 22.4. The molecule has 0 aliphatic carbocycles. The van der Waals surface area contributed by atoms with E-state index in [1.165, 1.54) is 11.8 Å². The highest BCUT2D eigenvalue weighted by molar-refractivity contribution is 8.15. The number of fused-ring (bicyclic) bond motifs is 1. The lowest BCUT2D eigenvalue weighted by Gasteiger charge is -2.09. The second kappa shape index (κ2) is 7.25. The zero-order valence-corrected chi connectivity index (χ0v) is 17.2. The van der Waals surface area contributed by atoms with Gasteiger partial charge >= 0.3 is 0 Å². The van der Waals surface area contributed by atoms with Crippen LogP contribution in [0.5, 0.6) is 0 Å². The van der Waals surface area contributed by atoms with Gasteiger partial charge in [-0.05, 0) is 61.4 Å². The second-order valence-corrected chi connectivity index (χ2v) is 10.6. The van der Waals surface area contributed by atoms with E-state index in [1.54, 1.807) is 12.1 Å². The maximum atomic E-state index is 12.5. The Bertz CT molecular complexity index is 1040. The number of aliphatic imine (C=N–C) groups is 1. The number of carbonyl (C=O) groups excluding carboxylic acids is 1. The van der Waals surface area contributed by atoms with Crippen molar-refractivity contribution in [1.29, 1.82) is 0 Å². The standard InChI is InChI=1S/C20H21N3O3S2/c1-12-7-13(2)9-16(8-12)21-19(24)14-3-5-15(6-4-14)22-20-23-17-10-28(25,26)11-18(17)27-20/h3-9,17-18H,10-11H2,1-2H3,(H,21,24)(H,22,23)/t17-,18-/m1/s1. The van der Waals surface area contributed by atoms with E-state index in [9.17, 15) is 13.2 Å². The Balaban J connectivity index is 1.39. The average molecular weight is 416 g/mol. The van der Waals surface area contributed by atoms with Gasteiger partial charge in [0.05, 0.1) is 17.5 Å². The number of benzene rings is 2. The molecule has 8 heteroatoms. The molecule has 2 N–H and O–H groups in total. The van der Waals surface area contributed by atoms with Crippen LogP contribution < -0.4 is 10.6 Å². The number of amides is 1. The third kappa shape index (κ3) is 4.23. The first-order valence-corrected chi connectivity index (χ1v) is 11.7. The number of carbonyl (C=O) groups is 1. The number of nitrogens with zero attached hydrogens (tertiary/aromatic N) is 1. The molecule has 0 saturated carbocycles. The number of anilines is 2. The summed E-state index contributed by atoms with van der Waals surface area (Å²) < 4.78 is 23.3. The Labute approximate surface area is 168 Å². The summed E-state index contributed by atoms with van der Waals surface area (Å²) in [6, 6.07) is 12.9. The van der Waals surface area contributed by atoms with Gasteiger partial charge in [0, 0.05) is 22.2 Å². The van der Waals surface area contributed by atoms with Crippen LogP contribution in [0.15, 0.2) is 47.5 Å². The SMILES string of the molecule is Cc1cc(C)cc(NC(=O)c2ccc(NC3=N[C@@H]4CS(=O)(=O)C[C@H]4S3)cc2)c1. The molecular weight excluding hydrogens is 394 g/mol. The van der Waals surface area contributed by atoms with Crippen molar-refractivity contribution in [2.24, 2.45) is 4.99 Å². The molecule has 1 saturated heterocycles. The van der Waals surface area contributed by atoms with Crippen molar-refractivity contribution in [3.8, 4) is 0 Å². The largest absolute Gasteiger partial charge is 0.335 e. The van der Waals surface area contributed by atoms with E-state index in [2.05, 4.69) is 21.7 Å². The van der Waals surface area contributed by atoms with Crippen molar-refractivity contribution >= 4 is 44.0 Å². The van der Waals surface area contributed by atoms with Gasteiger partial charge in [0.2, 0.25) is 0 Å². The molecule has 6 nitrogen and oxygen atoms in total. The van der Waals surface area contributed by atoms with Gasteiger partial charge in [0.15, 0.2) is 15.0 Å². The number of thioether (sulfide) groups is 1. The Morgan fingerprint density at radius 2 is 1.71 bits per heavy atom. The number of hydrogen-bond acceptors (Lipinski definition) is 6. The van der Waals surface area contributed by atoms with Crippen molar-refractivity contribution in [1.82, 2.24) is 0 Å². The summed E-state index contributed by atoms with van der Waals surface area (Å²) >= 11 is 1.47. The van der Waals surface area contributed by atoms with E-state index < -0.39 is 9.84 Å². The summed E-state index contributed by atoms with van der Waals surface area (Å²) in [4.78, 5) is 17.0. The molecule has 2 aromatic carbocycles. The first kappa shape index (κ1) is 19.0. The second-order valence-electron chi connectivity index (χ2n) is 7.27. The van der Waals surface area contributed by atoms with Crippen molar-refractivity contribution in [3.63, 3.8) is 0 Å². The molecule has 0 unspecified atom stereocenters. The van der Waals surface area contributed by atoms with E-state index in [0.29, 0.717) is 5.56 Å². The number of amidine groups is 1. The minimum Gasteiger partial charge on any atom is -0.335 e. The fourth-order valence-electron chi connectivity index (χ4n) is 3.49. The molecule has 0 radical (unpaired) electrons. The third-order valence-corrected chi connectivity index (χ3v) is 7.84. The molecule has 0 spiro atoms. The quantitative estimate of drug-likeness (QED) is 0.804. The summed E-state index contributed by atoms with van der Waals surface area (Å²) in [5.41, 5.74) is 4.36. The molecule has 146 valence electrons. The van der Waals surface area contributed by atoms with E-state index in [-0.39, 0.29) is 28.7 Å². The molecule has 0 aromatic heterocycles. The lowest BCUT2D eigenvalue weighted by molar-refractivity contribution is 0.102. The lowest BCUT2D eigenvalue weighted by atomic mass is 10.1. The number of aryl methyl sites for hydroxylation is 2. The van der Waals surface area contributed by atoms with E-state index >= 15 is 0 Å². The predicted molar refractivity (Wildman–Crippen MR) is 115 cm³/mol. The summed E-state index contributed by atoms with van der Waals surface area (Å²) in [5.74, 6) is 0.158. The first-order chi connectivity index (χ1) is 13.3. The van der Waals surface area contributed by atoms with Crippen LogP contribution in [0, 0.1) is 13.8 Å². The molecule has 2 aliphatic heterocycles. The van der Waals surface area contributed by atoms with Crippen LogP contribution in [0.2, 0.25) is 0 Å². The molecule has 2 aromatic rings. The maximum Gasteiger partial charge on any atom is 0.255 e. The molecule has 4 rings (SSSR count). The van der Waals surface area contributed by atoms with Crippen LogP contribution in [-0.2, 0) is 9.84 Å². The first-order valence-electron chi connectivity index (χ1n) is 8.99. The van der Waals surface area contributed by atoms with E-state index in [1.807, 2.05) is 38.1 Å². The lowest BCUT2D eigenvalue weighted by Crippen LogP contribution is -2.13. The third-order valence-electron chi connectivity index (χ3n) is 4.70. The Kier molecular flexibility index (Phi) is 4.93. The van der Waals surface area contributed by atoms with Crippen LogP contribution in [0.25, 0.3) is 0 Å². The van der Waals surface area contributed by atoms with Gasteiger partial charge in [-0.25, -0.2) is 8.42 Å². The molecule has 28 heavy (non-hydrogen) atoms. The van der Waals surface area contributed by atoms with Crippen molar-refractivity contribution in [3.05, 3.63) is 59.2 Å². The van der Waals surface area contributed by atoms with Gasteiger partial charge in [-0.3, -0.25) is 9.79 Å². The highest BCUT2D eigenvalue weighted by Crippen LogP contribution is 2.34. The van der Waals surface area contributed by atoms with Crippen molar-refractivity contribution < 1.29 is 13.2 Å². The minimum atomic E-state index is -2.95. The smallest absolute Gasteiger partial charge is 0.255 e. The summed E-state index contributed by atoms with van der Waals surface area (Å²) in [6.07, 6.45) is 0. The van der Waals surface area contributed by atoms with Crippen molar-refractivity contribution in [2.75, 3.05) is 22.1 Å². The van der Waals surface area contributed by atoms with Gasteiger partial charge in [-0.1, -0.05) is 17.8 Å². The van der Waals surface area contributed by atoms with Crippen LogP contribution >= 0.6 is 11.8 Å². The molecule has 1 amide bonds. The monoisotopic (exact) mass is 415 g/mol. The summed E-state index contributed by atoms with van der Waals surface area (Å²) in [6.45, 7) is 3.99. The molecule has 2 atom stereocenters. The Morgan fingerprint density at radius 3 is 2.36 bits per heavy atom. The van der Waals surface area contributed by atoms with Crippen LogP contribution in [0.4, 0.5) is 11.4 Å². The van der Waals surface area contributed by atoms with Gasteiger partial charge in [0.25, 0.3) is 5.91 Å². The molecule has 2 aliphatic rings. The highest BCUT2D eigenvalue weighted by atomic mass is 32.2. The predicted octanol–water partition coefficient (Wildman–Crippen LogP) is 3.24. The minimum absolute atomic E-state index is 0.00957. The van der Waals surface area contributed by atoms with E-state index in [0.717, 1.165) is 27.7 Å². The Hall–Kier alpha value is -2.32. The zero-order valence-electron chi connectivity index (χ0n) is 15.6. The number of hydrogen-bond donors (Lipinski definition) is 2. The Morgan fingerprint density at radius 1 is 1.04 bits per heavy atom. The number of nitrogens with one attached hydrogen (secondary N) is 2. The fraction of sp³-hybridized carbons (Fsp3) is 0.300. The van der Waals surface area contributed by atoms with Crippen LogP contribution in [0.1, 0.15) is 21.5 Å².